The molecule has 7 heteroatoms. The lowest BCUT2D eigenvalue weighted by Crippen LogP contribution is -2.33. The van der Waals surface area contributed by atoms with Crippen molar-refractivity contribution in [2.45, 2.75) is 12.3 Å². The third kappa shape index (κ3) is 2.74. The Labute approximate surface area is 87.8 Å². The lowest BCUT2D eigenvalue weighted by Gasteiger charge is -2.16. The summed E-state index contributed by atoms with van der Waals surface area (Å²) in [4.78, 5) is 0. The molecule has 0 aliphatic heterocycles. The molecule has 0 unspecified atom stereocenters. The first-order valence-electron chi connectivity index (χ1n) is 4.17. The van der Waals surface area contributed by atoms with Gasteiger partial charge in [-0.2, -0.15) is 8.78 Å². The number of hydrogen-bond donors (Lipinski definition) is 1. The van der Waals surface area contributed by atoms with E-state index in [-0.39, 0.29) is 5.75 Å². The molecule has 1 aromatic carbocycles. The van der Waals surface area contributed by atoms with Gasteiger partial charge in [0.05, 0.1) is 0 Å². The standard InChI is InChI=1S/C9H8F5NO/c10-5-2-1-3-6(7(5)15)16-4-9(13,14)8(11)12/h1-3,8H,4,15H2. The third-order valence-corrected chi connectivity index (χ3v) is 1.75. The van der Waals surface area contributed by atoms with E-state index in [2.05, 4.69) is 4.74 Å². The van der Waals surface area contributed by atoms with E-state index in [1.165, 1.54) is 6.07 Å². The van der Waals surface area contributed by atoms with E-state index in [1.807, 2.05) is 0 Å². The summed E-state index contributed by atoms with van der Waals surface area (Å²) in [5.74, 6) is -5.54. The molecule has 0 atom stereocenters. The van der Waals surface area contributed by atoms with Crippen molar-refractivity contribution in [2.75, 3.05) is 12.3 Å². The molecular formula is C9H8F5NO. The second-order valence-corrected chi connectivity index (χ2v) is 3.00. The molecule has 0 saturated carbocycles. The Kier molecular flexibility index (Phi) is 3.56. The summed E-state index contributed by atoms with van der Waals surface area (Å²) >= 11 is 0. The second-order valence-electron chi connectivity index (χ2n) is 3.00. The normalized spacial score (nSPS) is 11.9. The molecule has 90 valence electrons. The number of ether oxygens (including phenoxy) is 1. The molecule has 0 aliphatic rings. The molecule has 0 spiro atoms. The molecule has 0 fully saturated rings. The molecule has 16 heavy (non-hydrogen) atoms. The molecule has 1 aromatic rings. The minimum Gasteiger partial charge on any atom is -0.485 e. The average Bonchev–Trinajstić information content (AvgIpc) is 2.20. The van der Waals surface area contributed by atoms with E-state index in [0.29, 0.717) is 0 Å². The lowest BCUT2D eigenvalue weighted by atomic mass is 10.3. The summed E-state index contributed by atoms with van der Waals surface area (Å²) < 4.78 is 65.6. The van der Waals surface area contributed by atoms with E-state index in [9.17, 15) is 22.0 Å². The molecule has 0 aromatic heterocycles. The van der Waals surface area contributed by atoms with Crippen LogP contribution in [0.5, 0.6) is 5.75 Å². The molecule has 0 heterocycles. The van der Waals surface area contributed by atoms with Gasteiger partial charge in [-0.15, -0.1) is 0 Å². The summed E-state index contributed by atoms with van der Waals surface area (Å²) in [6, 6.07) is 3.27. The van der Waals surface area contributed by atoms with Crippen LogP contribution in [0.4, 0.5) is 27.6 Å². The van der Waals surface area contributed by atoms with Crippen molar-refractivity contribution in [3.63, 3.8) is 0 Å². The minimum atomic E-state index is -4.29. The maximum Gasteiger partial charge on any atom is 0.340 e. The Balaban J connectivity index is 2.72. The number of halogens is 5. The van der Waals surface area contributed by atoms with Crippen molar-refractivity contribution in [3.8, 4) is 5.75 Å². The van der Waals surface area contributed by atoms with Crippen molar-refractivity contribution < 1.29 is 26.7 Å². The largest absolute Gasteiger partial charge is 0.485 e. The van der Waals surface area contributed by atoms with Gasteiger partial charge in [0, 0.05) is 0 Å². The lowest BCUT2D eigenvalue weighted by molar-refractivity contribution is -0.148. The van der Waals surface area contributed by atoms with Crippen molar-refractivity contribution in [1.29, 1.82) is 0 Å². The van der Waals surface area contributed by atoms with Gasteiger partial charge in [-0.25, -0.2) is 13.2 Å². The maximum absolute atomic E-state index is 12.8. The van der Waals surface area contributed by atoms with Crippen LogP contribution in [0, 0.1) is 5.82 Å². The average molecular weight is 241 g/mol. The Morgan fingerprint density at radius 1 is 1.31 bits per heavy atom. The van der Waals surface area contributed by atoms with Gasteiger partial charge in [0.15, 0.2) is 6.61 Å². The summed E-state index contributed by atoms with van der Waals surface area (Å²) in [7, 11) is 0. The van der Waals surface area contributed by atoms with Gasteiger partial charge in [0.2, 0.25) is 0 Å². The summed E-state index contributed by atoms with van der Waals surface area (Å²) in [6.45, 7) is -1.56. The van der Waals surface area contributed by atoms with Crippen molar-refractivity contribution >= 4 is 5.69 Å². The topological polar surface area (TPSA) is 35.2 Å². The highest BCUT2D eigenvalue weighted by atomic mass is 19.3. The number of nitrogen functional groups attached to an aromatic ring is 1. The summed E-state index contributed by atoms with van der Waals surface area (Å²) in [5, 5.41) is 0. The smallest absolute Gasteiger partial charge is 0.340 e. The van der Waals surface area contributed by atoms with Gasteiger partial charge in [-0.05, 0) is 12.1 Å². The molecule has 0 amide bonds. The van der Waals surface area contributed by atoms with Crippen LogP contribution in [-0.2, 0) is 0 Å². The highest BCUT2D eigenvalue weighted by Crippen LogP contribution is 2.28. The third-order valence-electron chi connectivity index (χ3n) is 1.75. The zero-order valence-electron chi connectivity index (χ0n) is 7.89. The Morgan fingerprint density at radius 3 is 2.50 bits per heavy atom. The molecule has 0 bridgehead atoms. The van der Waals surface area contributed by atoms with E-state index < -0.39 is 30.5 Å². The number of hydrogen-bond acceptors (Lipinski definition) is 2. The van der Waals surface area contributed by atoms with Crippen LogP contribution in [0.1, 0.15) is 0 Å². The van der Waals surface area contributed by atoms with Gasteiger partial charge in [-0.3, -0.25) is 0 Å². The number of rotatable bonds is 4. The fourth-order valence-corrected chi connectivity index (χ4v) is 0.880. The van der Waals surface area contributed by atoms with Crippen LogP contribution in [0.3, 0.4) is 0 Å². The summed E-state index contributed by atoms with van der Waals surface area (Å²) in [6.07, 6.45) is -3.85. The predicted molar refractivity (Wildman–Crippen MR) is 47.3 cm³/mol. The van der Waals surface area contributed by atoms with Gasteiger partial charge < -0.3 is 10.5 Å². The molecule has 2 N–H and O–H groups in total. The van der Waals surface area contributed by atoms with Crippen LogP contribution in [0.25, 0.3) is 0 Å². The summed E-state index contributed by atoms with van der Waals surface area (Å²) in [5.41, 5.74) is 4.66. The fraction of sp³-hybridized carbons (Fsp3) is 0.333. The zero-order valence-corrected chi connectivity index (χ0v) is 7.89. The van der Waals surface area contributed by atoms with E-state index in [4.69, 9.17) is 5.73 Å². The van der Waals surface area contributed by atoms with Gasteiger partial charge in [-0.1, -0.05) is 6.07 Å². The second kappa shape index (κ2) is 4.54. The van der Waals surface area contributed by atoms with Crippen LogP contribution >= 0.6 is 0 Å². The van der Waals surface area contributed by atoms with Crippen LogP contribution in [-0.4, -0.2) is 19.0 Å². The highest BCUT2D eigenvalue weighted by Gasteiger charge is 2.41. The molecule has 0 saturated heterocycles. The zero-order chi connectivity index (χ0) is 12.3. The monoisotopic (exact) mass is 241 g/mol. The number of alkyl halides is 4. The first-order valence-corrected chi connectivity index (χ1v) is 4.17. The minimum absolute atomic E-state index is 0.389. The van der Waals surface area contributed by atoms with Crippen LogP contribution in [0.2, 0.25) is 0 Å². The number of para-hydroxylation sites is 1. The predicted octanol–water partition coefficient (Wildman–Crippen LogP) is 2.69. The van der Waals surface area contributed by atoms with E-state index >= 15 is 0 Å². The Hall–Kier alpha value is -1.53. The van der Waals surface area contributed by atoms with Gasteiger partial charge >= 0.3 is 12.3 Å². The molecule has 1 rings (SSSR count). The number of benzene rings is 1. The van der Waals surface area contributed by atoms with Crippen molar-refractivity contribution in [1.82, 2.24) is 0 Å². The fourth-order valence-electron chi connectivity index (χ4n) is 0.880. The molecule has 0 radical (unpaired) electrons. The van der Waals surface area contributed by atoms with Crippen molar-refractivity contribution in [3.05, 3.63) is 24.0 Å². The first kappa shape index (κ1) is 12.5. The van der Waals surface area contributed by atoms with E-state index in [1.54, 1.807) is 0 Å². The number of anilines is 1. The highest BCUT2D eigenvalue weighted by molar-refractivity contribution is 5.53. The SMILES string of the molecule is Nc1c(F)cccc1OCC(F)(F)C(F)F. The van der Waals surface area contributed by atoms with Crippen LogP contribution < -0.4 is 10.5 Å². The molecule has 0 aliphatic carbocycles. The van der Waals surface area contributed by atoms with Gasteiger partial charge in [0.1, 0.15) is 17.3 Å². The maximum atomic E-state index is 12.8. The molecule has 2 nitrogen and oxygen atoms in total. The number of nitrogens with two attached hydrogens (primary N) is 1. The first-order chi connectivity index (χ1) is 7.34. The Bertz CT molecular complexity index is 369. The Morgan fingerprint density at radius 2 is 1.94 bits per heavy atom. The van der Waals surface area contributed by atoms with Gasteiger partial charge in [0.25, 0.3) is 0 Å². The van der Waals surface area contributed by atoms with Crippen LogP contribution in [0.15, 0.2) is 18.2 Å². The van der Waals surface area contributed by atoms with E-state index in [0.717, 1.165) is 12.1 Å². The quantitative estimate of drug-likeness (QED) is 0.649. The molecular weight excluding hydrogens is 233 g/mol. The van der Waals surface area contributed by atoms with Crippen molar-refractivity contribution in [2.24, 2.45) is 0 Å².